The number of thiocarbonyl (C=S) groups is 1. The number of carbonyl (C=O) groups excluding carboxylic acids is 1. The molecule has 0 saturated carbocycles. The van der Waals surface area contributed by atoms with Gasteiger partial charge in [-0.25, -0.2) is 0 Å². The normalized spacial score (nSPS) is 9.95. The minimum Gasteiger partial charge on any atom is -0.487 e. The van der Waals surface area contributed by atoms with E-state index in [1.807, 2.05) is 36.4 Å². The predicted octanol–water partition coefficient (Wildman–Crippen LogP) is 2.86. The smallest absolute Gasteiger partial charge is 0.221 e. The minimum absolute atomic E-state index is 0.144. The van der Waals surface area contributed by atoms with E-state index in [1.165, 1.54) is 6.92 Å². The van der Waals surface area contributed by atoms with E-state index in [2.05, 4.69) is 5.32 Å². The van der Waals surface area contributed by atoms with Crippen LogP contribution in [-0.4, -0.2) is 10.9 Å². The Bertz CT molecular complexity index is 671. The zero-order valence-electron chi connectivity index (χ0n) is 11.6. The van der Waals surface area contributed by atoms with E-state index in [0.29, 0.717) is 23.0 Å². The lowest BCUT2D eigenvalue weighted by molar-refractivity contribution is -0.114. The molecule has 0 aliphatic heterocycles. The van der Waals surface area contributed by atoms with Crippen LogP contribution in [0, 0.1) is 0 Å². The molecule has 1 amide bonds. The number of benzene rings is 2. The van der Waals surface area contributed by atoms with Crippen LogP contribution in [0.3, 0.4) is 0 Å². The van der Waals surface area contributed by atoms with Crippen LogP contribution in [0.2, 0.25) is 0 Å². The SMILES string of the molecule is CC(=O)Nc1ccccc1OCc1ccccc1C(N)=S. The maximum Gasteiger partial charge on any atom is 0.221 e. The van der Waals surface area contributed by atoms with Crippen LogP contribution < -0.4 is 15.8 Å². The molecule has 0 aromatic heterocycles. The van der Waals surface area contributed by atoms with Gasteiger partial charge in [0.15, 0.2) is 0 Å². The maximum atomic E-state index is 11.2. The summed E-state index contributed by atoms with van der Waals surface area (Å²) in [5.74, 6) is 0.458. The number of ether oxygens (including phenoxy) is 1. The van der Waals surface area contributed by atoms with Gasteiger partial charge >= 0.3 is 0 Å². The Kier molecular flexibility index (Phi) is 4.90. The fourth-order valence-electron chi connectivity index (χ4n) is 1.93. The second kappa shape index (κ2) is 6.85. The van der Waals surface area contributed by atoms with Gasteiger partial charge in [0.25, 0.3) is 0 Å². The number of anilines is 1. The Morgan fingerprint density at radius 3 is 2.57 bits per heavy atom. The molecule has 0 unspecified atom stereocenters. The number of nitrogens with two attached hydrogens (primary N) is 1. The third-order valence-corrected chi connectivity index (χ3v) is 3.08. The van der Waals surface area contributed by atoms with Gasteiger partial charge in [-0.3, -0.25) is 4.79 Å². The highest BCUT2D eigenvalue weighted by atomic mass is 32.1. The summed E-state index contributed by atoms with van der Waals surface area (Å²) in [5.41, 5.74) is 8.04. The van der Waals surface area contributed by atoms with Gasteiger partial charge in [-0.2, -0.15) is 0 Å². The number of amides is 1. The first kappa shape index (κ1) is 15.0. The van der Waals surface area contributed by atoms with Crippen LogP contribution in [0.25, 0.3) is 0 Å². The van der Waals surface area contributed by atoms with Crippen molar-refractivity contribution >= 4 is 28.8 Å². The first-order valence-corrected chi connectivity index (χ1v) is 6.86. The Morgan fingerprint density at radius 1 is 1.19 bits per heavy atom. The Morgan fingerprint density at radius 2 is 1.86 bits per heavy atom. The van der Waals surface area contributed by atoms with Crippen molar-refractivity contribution in [3.05, 3.63) is 59.7 Å². The molecule has 2 aromatic rings. The number of rotatable bonds is 5. The van der Waals surface area contributed by atoms with Gasteiger partial charge in [0.1, 0.15) is 17.3 Å². The highest BCUT2D eigenvalue weighted by Crippen LogP contribution is 2.25. The standard InChI is InChI=1S/C16H16N2O2S/c1-11(19)18-14-8-4-5-9-15(14)20-10-12-6-2-3-7-13(12)16(17)21/h2-9H,10H2,1H3,(H2,17,21)(H,18,19). The van der Waals surface area contributed by atoms with E-state index in [9.17, 15) is 4.79 Å². The quantitative estimate of drug-likeness (QED) is 0.833. The largest absolute Gasteiger partial charge is 0.487 e. The van der Waals surface area contributed by atoms with Crippen LogP contribution in [0.4, 0.5) is 5.69 Å². The van der Waals surface area contributed by atoms with Gasteiger partial charge in [0.2, 0.25) is 5.91 Å². The zero-order valence-corrected chi connectivity index (χ0v) is 12.4. The number of para-hydroxylation sites is 2. The third kappa shape index (κ3) is 4.03. The second-order valence-corrected chi connectivity index (χ2v) is 4.93. The van der Waals surface area contributed by atoms with Crippen LogP contribution in [-0.2, 0) is 11.4 Å². The molecule has 2 aromatic carbocycles. The Labute approximate surface area is 128 Å². The lowest BCUT2D eigenvalue weighted by atomic mass is 10.1. The molecule has 0 heterocycles. The molecule has 4 nitrogen and oxygen atoms in total. The van der Waals surface area contributed by atoms with Crippen molar-refractivity contribution < 1.29 is 9.53 Å². The molecule has 3 N–H and O–H groups in total. The van der Waals surface area contributed by atoms with Crippen LogP contribution in [0.1, 0.15) is 18.1 Å². The van der Waals surface area contributed by atoms with Crippen molar-refractivity contribution in [3.8, 4) is 5.75 Å². The van der Waals surface area contributed by atoms with E-state index >= 15 is 0 Å². The van der Waals surface area contributed by atoms with E-state index in [1.54, 1.807) is 12.1 Å². The van der Waals surface area contributed by atoms with E-state index in [4.69, 9.17) is 22.7 Å². The summed E-state index contributed by atoms with van der Waals surface area (Å²) in [6, 6.07) is 14.8. The van der Waals surface area contributed by atoms with Crippen LogP contribution >= 0.6 is 12.2 Å². The van der Waals surface area contributed by atoms with Crippen molar-refractivity contribution in [1.82, 2.24) is 0 Å². The molecule has 0 bridgehead atoms. The molecule has 0 fully saturated rings. The number of nitrogens with one attached hydrogen (secondary N) is 1. The fourth-order valence-corrected chi connectivity index (χ4v) is 2.13. The summed E-state index contributed by atoms with van der Waals surface area (Å²) in [6.07, 6.45) is 0. The average molecular weight is 300 g/mol. The third-order valence-electron chi connectivity index (χ3n) is 2.86. The summed E-state index contributed by atoms with van der Waals surface area (Å²) in [5, 5.41) is 2.73. The van der Waals surface area contributed by atoms with Gasteiger partial charge < -0.3 is 15.8 Å². The average Bonchev–Trinajstić information content (AvgIpc) is 2.46. The van der Waals surface area contributed by atoms with Gasteiger partial charge in [-0.05, 0) is 17.7 Å². The first-order valence-electron chi connectivity index (χ1n) is 6.45. The van der Waals surface area contributed by atoms with Gasteiger partial charge in [-0.15, -0.1) is 0 Å². The number of hydrogen-bond acceptors (Lipinski definition) is 3. The topological polar surface area (TPSA) is 64.3 Å². The lowest BCUT2D eigenvalue weighted by Gasteiger charge is -2.13. The van der Waals surface area contributed by atoms with E-state index in [-0.39, 0.29) is 5.91 Å². The predicted molar refractivity (Wildman–Crippen MR) is 87.4 cm³/mol. The van der Waals surface area contributed by atoms with Crippen molar-refractivity contribution in [2.24, 2.45) is 5.73 Å². The molecule has 2 rings (SSSR count). The monoisotopic (exact) mass is 300 g/mol. The molecule has 0 spiro atoms. The molecule has 108 valence electrons. The van der Waals surface area contributed by atoms with Gasteiger partial charge in [-0.1, -0.05) is 48.6 Å². The maximum absolute atomic E-state index is 11.2. The molecule has 0 aliphatic rings. The lowest BCUT2D eigenvalue weighted by Crippen LogP contribution is -2.13. The molecule has 0 aliphatic carbocycles. The van der Waals surface area contributed by atoms with Crippen molar-refractivity contribution in [1.29, 1.82) is 0 Å². The Balaban J connectivity index is 2.17. The van der Waals surface area contributed by atoms with Crippen molar-refractivity contribution in [2.45, 2.75) is 13.5 Å². The van der Waals surface area contributed by atoms with Crippen LogP contribution in [0.5, 0.6) is 5.75 Å². The zero-order chi connectivity index (χ0) is 15.2. The summed E-state index contributed by atoms with van der Waals surface area (Å²) in [7, 11) is 0. The van der Waals surface area contributed by atoms with E-state index in [0.717, 1.165) is 11.1 Å². The summed E-state index contributed by atoms with van der Waals surface area (Å²) < 4.78 is 5.78. The number of hydrogen-bond donors (Lipinski definition) is 2. The number of carbonyl (C=O) groups is 1. The summed E-state index contributed by atoms with van der Waals surface area (Å²) >= 11 is 5.03. The summed E-state index contributed by atoms with van der Waals surface area (Å²) in [6.45, 7) is 1.78. The molecule has 21 heavy (non-hydrogen) atoms. The molecule has 5 heteroatoms. The molecular weight excluding hydrogens is 284 g/mol. The van der Waals surface area contributed by atoms with Crippen LogP contribution in [0.15, 0.2) is 48.5 Å². The fraction of sp³-hybridized carbons (Fsp3) is 0.125. The van der Waals surface area contributed by atoms with Crippen molar-refractivity contribution in [3.63, 3.8) is 0 Å². The highest BCUT2D eigenvalue weighted by molar-refractivity contribution is 7.80. The molecular formula is C16H16N2O2S. The van der Waals surface area contributed by atoms with Gasteiger partial charge in [0.05, 0.1) is 5.69 Å². The molecule has 0 saturated heterocycles. The van der Waals surface area contributed by atoms with Gasteiger partial charge in [0, 0.05) is 12.5 Å². The highest BCUT2D eigenvalue weighted by Gasteiger charge is 2.08. The van der Waals surface area contributed by atoms with E-state index < -0.39 is 0 Å². The molecule has 0 radical (unpaired) electrons. The molecule has 0 atom stereocenters. The minimum atomic E-state index is -0.144. The summed E-state index contributed by atoms with van der Waals surface area (Å²) in [4.78, 5) is 11.5. The Hall–Kier alpha value is -2.40. The first-order chi connectivity index (χ1) is 10.1. The van der Waals surface area contributed by atoms with Crippen molar-refractivity contribution in [2.75, 3.05) is 5.32 Å². The second-order valence-electron chi connectivity index (χ2n) is 4.49.